The highest BCUT2D eigenvalue weighted by Crippen LogP contribution is 2.26. The van der Waals surface area contributed by atoms with Crippen LogP contribution >= 0.6 is 0 Å². The Morgan fingerprint density at radius 3 is 2.08 bits per heavy atom. The van der Waals surface area contributed by atoms with Gasteiger partial charge in [-0.1, -0.05) is 13.8 Å². The summed E-state index contributed by atoms with van der Waals surface area (Å²) < 4.78 is 4.55. The van der Waals surface area contributed by atoms with Crippen molar-refractivity contribution in [1.82, 2.24) is 0 Å². The summed E-state index contributed by atoms with van der Waals surface area (Å²) >= 11 is 0. The molecular formula is C9H18O3. The molecule has 3 nitrogen and oxygen atoms in total. The Bertz CT molecular complexity index is 161. The first-order valence-electron chi connectivity index (χ1n) is 4.14. The predicted octanol–water partition coefficient (Wildman–Crippen LogP) is 1.20. The van der Waals surface area contributed by atoms with Crippen LogP contribution in [0.25, 0.3) is 0 Å². The number of carbonyl (C=O) groups is 1. The average molecular weight is 174 g/mol. The number of hydrogen-bond donors (Lipinski definition) is 1. The summed E-state index contributed by atoms with van der Waals surface area (Å²) in [6.45, 7) is 7.07. The number of rotatable bonds is 3. The van der Waals surface area contributed by atoms with Crippen molar-refractivity contribution in [3.05, 3.63) is 0 Å². The summed E-state index contributed by atoms with van der Waals surface area (Å²) in [4.78, 5) is 11.1. The van der Waals surface area contributed by atoms with Crippen molar-refractivity contribution < 1.29 is 14.6 Å². The first kappa shape index (κ1) is 11.4. The van der Waals surface area contributed by atoms with E-state index in [2.05, 4.69) is 4.74 Å². The number of hydrogen-bond acceptors (Lipinski definition) is 3. The molecule has 0 aromatic rings. The van der Waals surface area contributed by atoms with E-state index in [0.29, 0.717) is 0 Å². The van der Waals surface area contributed by atoms with Crippen molar-refractivity contribution in [2.75, 3.05) is 7.11 Å². The molecule has 1 N–H and O–H groups in total. The van der Waals surface area contributed by atoms with Crippen LogP contribution in [0.2, 0.25) is 0 Å². The topological polar surface area (TPSA) is 46.5 Å². The van der Waals surface area contributed by atoms with Crippen LogP contribution < -0.4 is 0 Å². The van der Waals surface area contributed by atoms with E-state index in [9.17, 15) is 9.90 Å². The second kappa shape index (κ2) is 3.90. The number of ether oxygens (including phenoxy) is 1. The molecule has 0 aliphatic carbocycles. The molecule has 0 bridgehead atoms. The van der Waals surface area contributed by atoms with Crippen molar-refractivity contribution in [2.24, 2.45) is 11.8 Å². The molecule has 2 unspecified atom stereocenters. The molecule has 0 amide bonds. The fourth-order valence-electron chi connectivity index (χ4n) is 0.915. The van der Waals surface area contributed by atoms with Gasteiger partial charge in [0.2, 0.25) is 0 Å². The van der Waals surface area contributed by atoms with E-state index in [0.717, 1.165) is 0 Å². The second-order valence-corrected chi connectivity index (χ2v) is 3.63. The molecule has 2 atom stereocenters. The molecule has 0 fully saturated rings. The minimum Gasteiger partial charge on any atom is -0.469 e. The van der Waals surface area contributed by atoms with Gasteiger partial charge in [-0.3, -0.25) is 4.79 Å². The van der Waals surface area contributed by atoms with Gasteiger partial charge in [0.1, 0.15) is 0 Å². The third kappa shape index (κ3) is 2.21. The third-order valence-corrected chi connectivity index (χ3v) is 2.60. The molecule has 0 heterocycles. The maximum absolute atomic E-state index is 11.1. The Hall–Kier alpha value is -0.570. The van der Waals surface area contributed by atoms with Gasteiger partial charge in [-0.05, 0) is 19.8 Å². The summed E-state index contributed by atoms with van der Waals surface area (Å²) in [7, 11) is 1.33. The Morgan fingerprint density at radius 2 is 1.83 bits per heavy atom. The van der Waals surface area contributed by atoms with Crippen LogP contribution in [0.5, 0.6) is 0 Å². The van der Waals surface area contributed by atoms with Crippen LogP contribution in [0.3, 0.4) is 0 Å². The van der Waals surface area contributed by atoms with Gasteiger partial charge in [-0.25, -0.2) is 0 Å². The molecule has 0 aromatic carbocycles. The van der Waals surface area contributed by atoms with E-state index in [-0.39, 0.29) is 11.9 Å². The minimum absolute atomic E-state index is 0.0339. The van der Waals surface area contributed by atoms with Crippen molar-refractivity contribution >= 4 is 5.97 Å². The van der Waals surface area contributed by atoms with Crippen molar-refractivity contribution in [1.29, 1.82) is 0 Å². The molecule has 3 heteroatoms. The molecule has 0 spiro atoms. The van der Waals surface area contributed by atoms with Crippen LogP contribution in [0.4, 0.5) is 0 Å². The number of methoxy groups -OCH3 is 1. The van der Waals surface area contributed by atoms with Gasteiger partial charge in [0.05, 0.1) is 18.6 Å². The lowest BCUT2D eigenvalue weighted by Gasteiger charge is -2.32. The predicted molar refractivity (Wildman–Crippen MR) is 46.6 cm³/mol. The summed E-state index contributed by atoms with van der Waals surface area (Å²) in [5.74, 6) is -0.817. The Labute approximate surface area is 73.7 Å². The van der Waals surface area contributed by atoms with Gasteiger partial charge in [-0.2, -0.15) is 0 Å². The van der Waals surface area contributed by atoms with E-state index in [1.807, 2.05) is 13.8 Å². The Morgan fingerprint density at radius 1 is 1.42 bits per heavy atom. The van der Waals surface area contributed by atoms with Crippen LogP contribution in [-0.2, 0) is 9.53 Å². The number of esters is 1. The highest BCUT2D eigenvalue weighted by molar-refractivity contribution is 5.73. The second-order valence-electron chi connectivity index (χ2n) is 3.63. The zero-order valence-corrected chi connectivity index (χ0v) is 8.42. The fourth-order valence-corrected chi connectivity index (χ4v) is 0.915. The summed E-state index contributed by atoms with van der Waals surface area (Å²) in [6, 6.07) is 0. The quantitative estimate of drug-likeness (QED) is 0.654. The fraction of sp³-hybridized carbons (Fsp3) is 0.889. The zero-order chi connectivity index (χ0) is 9.94. The SMILES string of the molecule is COC(=O)C(C)C(C)(O)C(C)C. The summed E-state index contributed by atoms with van der Waals surface area (Å²) in [5.41, 5.74) is -0.993. The zero-order valence-electron chi connectivity index (χ0n) is 8.42. The molecule has 0 rings (SSSR count). The van der Waals surface area contributed by atoms with Crippen LogP contribution in [0, 0.1) is 11.8 Å². The van der Waals surface area contributed by atoms with E-state index in [4.69, 9.17) is 0 Å². The van der Waals surface area contributed by atoms with Gasteiger partial charge in [-0.15, -0.1) is 0 Å². The lowest BCUT2D eigenvalue weighted by atomic mass is 9.81. The van der Waals surface area contributed by atoms with E-state index in [1.165, 1.54) is 7.11 Å². The third-order valence-electron chi connectivity index (χ3n) is 2.60. The van der Waals surface area contributed by atoms with E-state index < -0.39 is 11.5 Å². The first-order chi connectivity index (χ1) is 5.34. The van der Waals surface area contributed by atoms with Crippen molar-refractivity contribution in [3.8, 4) is 0 Å². The average Bonchev–Trinajstić information content (AvgIpc) is 2.01. The molecule has 0 aromatic heterocycles. The van der Waals surface area contributed by atoms with E-state index in [1.54, 1.807) is 13.8 Å². The van der Waals surface area contributed by atoms with Crippen LogP contribution in [-0.4, -0.2) is 23.8 Å². The maximum Gasteiger partial charge on any atom is 0.311 e. The lowest BCUT2D eigenvalue weighted by Crippen LogP contribution is -2.42. The standard InChI is InChI=1S/C9H18O3/c1-6(2)9(4,11)7(3)8(10)12-5/h6-7,11H,1-5H3. The normalized spacial score (nSPS) is 18.6. The highest BCUT2D eigenvalue weighted by atomic mass is 16.5. The minimum atomic E-state index is -0.993. The molecule has 0 saturated carbocycles. The lowest BCUT2D eigenvalue weighted by molar-refractivity contribution is -0.156. The first-order valence-corrected chi connectivity index (χ1v) is 4.14. The molecule has 0 aliphatic rings. The van der Waals surface area contributed by atoms with Crippen LogP contribution in [0.15, 0.2) is 0 Å². The van der Waals surface area contributed by atoms with E-state index >= 15 is 0 Å². The van der Waals surface area contributed by atoms with Gasteiger partial charge in [0.15, 0.2) is 0 Å². The highest BCUT2D eigenvalue weighted by Gasteiger charge is 2.37. The summed E-state index contributed by atoms with van der Waals surface area (Å²) in [6.07, 6.45) is 0. The van der Waals surface area contributed by atoms with Gasteiger partial charge in [0, 0.05) is 0 Å². The monoisotopic (exact) mass is 174 g/mol. The Balaban J connectivity index is 4.45. The summed E-state index contributed by atoms with van der Waals surface area (Å²) in [5, 5.41) is 9.86. The maximum atomic E-state index is 11.1. The van der Waals surface area contributed by atoms with Crippen molar-refractivity contribution in [2.45, 2.75) is 33.3 Å². The van der Waals surface area contributed by atoms with Crippen LogP contribution in [0.1, 0.15) is 27.7 Å². The van der Waals surface area contributed by atoms with Gasteiger partial charge >= 0.3 is 5.97 Å². The molecule has 72 valence electrons. The molecule has 0 saturated heterocycles. The molecular weight excluding hydrogens is 156 g/mol. The van der Waals surface area contributed by atoms with Gasteiger partial charge in [0.25, 0.3) is 0 Å². The molecule has 12 heavy (non-hydrogen) atoms. The number of aliphatic hydroxyl groups is 1. The number of carbonyl (C=O) groups excluding carboxylic acids is 1. The largest absolute Gasteiger partial charge is 0.469 e. The van der Waals surface area contributed by atoms with Gasteiger partial charge < -0.3 is 9.84 Å². The smallest absolute Gasteiger partial charge is 0.311 e. The van der Waals surface area contributed by atoms with Crippen molar-refractivity contribution in [3.63, 3.8) is 0 Å². The molecule has 0 aliphatic heterocycles. The Kier molecular flexibility index (Phi) is 3.71. The molecule has 0 radical (unpaired) electrons.